The van der Waals surface area contributed by atoms with Gasteiger partial charge in [0.1, 0.15) is 0 Å². The molecule has 0 amide bonds. The van der Waals surface area contributed by atoms with Gasteiger partial charge in [0.15, 0.2) is 0 Å². The third-order valence-corrected chi connectivity index (χ3v) is 5.77. The highest BCUT2D eigenvalue weighted by atomic mass is 32.1. The second-order valence-electron chi connectivity index (χ2n) is 5.80. The van der Waals surface area contributed by atoms with Crippen LogP contribution in [0.4, 0.5) is 0 Å². The number of nitrogens with one attached hydrogen (secondary N) is 1. The fraction of sp³-hybridized carbons (Fsp3) is 0.529. The number of hydrogen-bond acceptors (Lipinski definition) is 2. The van der Waals surface area contributed by atoms with E-state index in [2.05, 4.69) is 48.9 Å². The molecule has 3 rings (SSSR count). The molecule has 1 fully saturated rings. The molecule has 2 heteroatoms. The normalized spacial score (nSPS) is 24.9. The van der Waals surface area contributed by atoms with Gasteiger partial charge in [-0.15, -0.1) is 11.3 Å². The van der Waals surface area contributed by atoms with Crippen LogP contribution in [0.3, 0.4) is 0 Å². The van der Waals surface area contributed by atoms with E-state index in [0.717, 1.165) is 11.8 Å². The van der Waals surface area contributed by atoms with Crippen molar-refractivity contribution in [2.45, 2.75) is 38.6 Å². The van der Waals surface area contributed by atoms with Crippen LogP contribution < -0.4 is 5.32 Å². The molecule has 1 aromatic heterocycles. The van der Waals surface area contributed by atoms with E-state index in [-0.39, 0.29) is 0 Å². The van der Waals surface area contributed by atoms with Gasteiger partial charge in [0.25, 0.3) is 0 Å². The maximum Gasteiger partial charge on any atom is 0.0390 e. The Morgan fingerprint density at radius 1 is 1.32 bits per heavy atom. The van der Waals surface area contributed by atoms with Gasteiger partial charge in [0, 0.05) is 10.7 Å². The van der Waals surface area contributed by atoms with Gasteiger partial charge in [-0.05, 0) is 54.1 Å². The maximum atomic E-state index is 3.59. The van der Waals surface area contributed by atoms with Crippen molar-refractivity contribution in [1.82, 2.24) is 5.32 Å². The second-order valence-corrected chi connectivity index (χ2v) is 6.72. The van der Waals surface area contributed by atoms with Crippen molar-refractivity contribution >= 4 is 21.4 Å². The van der Waals surface area contributed by atoms with Crippen LogP contribution in [0, 0.1) is 11.8 Å². The van der Waals surface area contributed by atoms with Gasteiger partial charge in [0.05, 0.1) is 0 Å². The molecule has 0 saturated heterocycles. The van der Waals surface area contributed by atoms with E-state index >= 15 is 0 Å². The summed E-state index contributed by atoms with van der Waals surface area (Å²) in [7, 11) is 2.12. The number of rotatable bonds is 4. The van der Waals surface area contributed by atoms with E-state index in [1.165, 1.54) is 41.3 Å². The van der Waals surface area contributed by atoms with E-state index < -0.39 is 0 Å². The Labute approximate surface area is 120 Å². The Hall–Kier alpha value is -0.860. The molecular weight excluding hydrogens is 250 g/mol. The van der Waals surface area contributed by atoms with Crippen molar-refractivity contribution in [2.75, 3.05) is 7.05 Å². The highest BCUT2D eigenvalue weighted by Gasteiger charge is 2.30. The molecule has 19 heavy (non-hydrogen) atoms. The van der Waals surface area contributed by atoms with Gasteiger partial charge in [0.2, 0.25) is 0 Å². The van der Waals surface area contributed by atoms with Crippen LogP contribution >= 0.6 is 11.3 Å². The highest BCUT2D eigenvalue weighted by Crippen LogP contribution is 2.42. The minimum Gasteiger partial charge on any atom is -0.313 e. The lowest BCUT2D eigenvalue weighted by atomic mass is 9.90. The molecule has 3 unspecified atom stereocenters. The first kappa shape index (κ1) is 13.1. The van der Waals surface area contributed by atoms with Crippen molar-refractivity contribution in [3.8, 4) is 0 Å². The predicted molar refractivity (Wildman–Crippen MR) is 84.7 cm³/mol. The first-order valence-corrected chi connectivity index (χ1v) is 8.34. The first-order valence-electron chi connectivity index (χ1n) is 7.46. The van der Waals surface area contributed by atoms with Crippen molar-refractivity contribution < 1.29 is 0 Å². The van der Waals surface area contributed by atoms with E-state index in [9.17, 15) is 0 Å². The summed E-state index contributed by atoms with van der Waals surface area (Å²) in [5.74, 6) is 1.76. The summed E-state index contributed by atoms with van der Waals surface area (Å²) >= 11 is 1.88. The molecule has 3 atom stereocenters. The summed E-state index contributed by atoms with van der Waals surface area (Å²) < 4.78 is 1.47. The van der Waals surface area contributed by atoms with Gasteiger partial charge < -0.3 is 5.32 Å². The van der Waals surface area contributed by atoms with E-state index in [4.69, 9.17) is 0 Å². The Morgan fingerprint density at radius 3 is 2.95 bits per heavy atom. The standard InChI is InChI=1S/C17H23NS/c1-3-12-7-8-14(11-12)16(18-2)15-6-4-5-13-9-10-19-17(13)15/h4-6,9-10,12,14,16,18H,3,7-8,11H2,1-2H3. The first-order chi connectivity index (χ1) is 9.33. The summed E-state index contributed by atoms with van der Waals surface area (Å²) in [5, 5.41) is 7.20. The predicted octanol–water partition coefficient (Wildman–Crippen LogP) is 4.99. The van der Waals surface area contributed by atoms with E-state index in [1.54, 1.807) is 0 Å². The summed E-state index contributed by atoms with van der Waals surface area (Å²) in [6.07, 6.45) is 5.53. The van der Waals surface area contributed by atoms with Gasteiger partial charge >= 0.3 is 0 Å². The second kappa shape index (κ2) is 5.64. The molecule has 1 heterocycles. The maximum absolute atomic E-state index is 3.59. The van der Waals surface area contributed by atoms with E-state index in [0.29, 0.717) is 6.04 Å². The number of fused-ring (bicyclic) bond motifs is 1. The summed E-state index contributed by atoms with van der Waals surface area (Å²) in [4.78, 5) is 0. The van der Waals surface area contributed by atoms with Crippen LogP contribution in [0.15, 0.2) is 29.6 Å². The summed E-state index contributed by atoms with van der Waals surface area (Å²) in [6.45, 7) is 2.33. The van der Waals surface area contributed by atoms with Crippen molar-refractivity contribution in [3.05, 3.63) is 35.2 Å². The number of benzene rings is 1. The molecule has 1 aromatic carbocycles. The van der Waals surface area contributed by atoms with Gasteiger partial charge in [-0.3, -0.25) is 0 Å². The molecule has 1 N–H and O–H groups in total. The molecule has 1 saturated carbocycles. The number of hydrogen-bond donors (Lipinski definition) is 1. The van der Waals surface area contributed by atoms with Gasteiger partial charge in [-0.2, -0.15) is 0 Å². The SMILES string of the molecule is CCC1CCC(C(NC)c2cccc3ccsc23)C1. The van der Waals surface area contributed by atoms with Crippen LogP contribution in [0.25, 0.3) is 10.1 Å². The Balaban J connectivity index is 1.92. The fourth-order valence-electron chi connectivity index (χ4n) is 3.69. The molecule has 0 aliphatic heterocycles. The monoisotopic (exact) mass is 273 g/mol. The molecule has 2 aromatic rings. The molecule has 0 spiro atoms. The van der Waals surface area contributed by atoms with Crippen LogP contribution in [0.5, 0.6) is 0 Å². The zero-order chi connectivity index (χ0) is 13.2. The molecule has 0 radical (unpaired) electrons. The number of thiophene rings is 1. The minimum absolute atomic E-state index is 0.527. The lowest BCUT2D eigenvalue weighted by molar-refractivity contribution is 0.374. The smallest absolute Gasteiger partial charge is 0.0390 e. The third-order valence-electron chi connectivity index (χ3n) is 4.79. The minimum atomic E-state index is 0.527. The Bertz CT molecular complexity index is 545. The zero-order valence-electron chi connectivity index (χ0n) is 11.9. The molecular formula is C17H23NS. The Morgan fingerprint density at radius 2 is 2.21 bits per heavy atom. The van der Waals surface area contributed by atoms with Gasteiger partial charge in [-0.1, -0.05) is 38.0 Å². The Kier molecular flexibility index (Phi) is 3.90. The zero-order valence-corrected chi connectivity index (χ0v) is 12.7. The van der Waals surface area contributed by atoms with Crippen LogP contribution in [-0.4, -0.2) is 7.05 Å². The van der Waals surface area contributed by atoms with Crippen molar-refractivity contribution in [2.24, 2.45) is 11.8 Å². The molecule has 1 nitrogen and oxygen atoms in total. The largest absolute Gasteiger partial charge is 0.313 e. The fourth-order valence-corrected chi connectivity index (χ4v) is 4.65. The average Bonchev–Trinajstić information content (AvgIpc) is 3.08. The molecule has 102 valence electrons. The highest BCUT2D eigenvalue weighted by molar-refractivity contribution is 7.17. The average molecular weight is 273 g/mol. The summed E-state index contributed by atoms with van der Waals surface area (Å²) in [6, 6.07) is 9.52. The molecule has 0 bridgehead atoms. The van der Waals surface area contributed by atoms with Gasteiger partial charge in [-0.25, -0.2) is 0 Å². The lowest BCUT2D eigenvalue weighted by Gasteiger charge is -2.24. The quantitative estimate of drug-likeness (QED) is 0.827. The topological polar surface area (TPSA) is 12.0 Å². The summed E-state index contributed by atoms with van der Waals surface area (Å²) in [5.41, 5.74) is 1.51. The van der Waals surface area contributed by atoms with Crippen molar-refractivity contribution in [3.63, 3.8) is 0 Å². The van der Waals surface area contributed by atoms with Crippen LogP contribution in [0.1, 0.15) is 44.2 Å². The lowest BCUT2D eigenvalue weighted by Crippen LogP contribution is -2.24. The van der Waals surface area contributed by atoms with E-state index in [1.807, 2.05) is 11.3 Å². The van der Waals surface area contributed by atoms with Crippen LogP contribution in [-0.2, 0) is 0 Å². The third kappa shape index (κ3) is 2.44. The van der Waals surface area contributed by atoms with Crippen molar-refractivity contribution in [1.29, 1.82) is 0 Å². The molecule has 1 aliphatic rings. The molecule has 1 aliphatic carbocycles. The van der Waals surface area contributed by atoms with Crippen LogP contribution in [0.2, 0.25) is 0 Å².